The highest BCUT2D eigenvalue weighted by Gasteiger charge is 2.11. The van der Waals surface area contributed by atoms with E-state index in [1.165, 1.54) is 11.3 Å². The summed E-state index contributed by atoms with van der Waals surface area (Å²) in [5.74, 6) is 0.608. The Morgan fingerprint density at radius 1 is 1.17 bits per heavy atom. The predicted molar refractivity (Wildman–Crippen MR) is 97.0 cm³/mol. The number of nitrogens with zero attached hydrogens (tertiary/aromatic N) is 1. The second-order valence-corrected chi connectivity index (χ2v) is 6.48. The first-order valence-corrected chi connectivity index (χ1v) is 8.90. The Morgan fingerprint density at radius 2 is 2.00 bits per heavy atom. The third-order valence-corrected chi connectivity index (χ3v) is 4.88. The Bertz CT molecular complexity index is 848. The van der Waals surface area contributed by atoms with Crippen LogP contribution >= 0.6 is 23.1 Å². The summed E-state index contributed by atoms with van der Waals surface area (Å²) >= 11 is 3.09. The maximum Gasteiger partial charge on any atom is 0.325 e. The van der Waals surface area contributed by atoms with Crippen LogP contribution in [0.5, 0.6) is 5.75 Å². The average molecular weight is 345 g/mol. The van der Waals surface area contributed by atoms with Crippen LogP contribution < -0.4 is 15.4 Å². The summed E-state index contributed by atoms with van der Waals surface area (Å²) in [7, 11) is 1.57. The van der Waals surface area contributed by atoms with Gasteiger partial charge in [0.25, 0.3) is 0 Å². The van der Waals surface area contributed by atoms with Crippen molar-refractivity contribution in [2.45, 2.75) is 4.90 Å². The molecule has 0 spiro atoms. The fourth-order valence-electron chi connectivity index (χ4n) is 2.14. The van der Waals surface area contributed by atoms with E-state index in [1.807, 2.05) is 36.6 Å². The number of aromatic nitrogens is 1. The first-order valence-electron chi connectivity index (χ1n) is 6.86. The fourth-order valence-corrected chi connectivity index (χ4v) is 3.66. The van der Waals surface area contributed by atoms with E-state index < -0.39 is 0 Å². The fraction of sp³-hybridized carbons (Fsp3) is 0.125. The summed E-state index contributed by atoms with van der Waals surface area (Å²) in [6.07, 6.45) is 2.01. The minimum absolute atomic E-state index is 0.348. The van der Waals surface area contributed by atoms with Gasteiger partial charge in [0, 0.05) is 4.90 Å². The van der Waals surface area contributed by atoms with Gasteiger partial charge in [-0.3, -0.25) is 5.32 Å². The molecular formula is C16H15N3O2S2. The third-order valence-electron chi connectivity index (χ3n) is 3.18. The molecule has 0 aliphatic rings. The van der Waals surface area contributed by atoms with E-state index in [0.717, 1.165) is 15.1 Å². The second kappa shape index (κ2) is 6.89. The van der Waals surface area contributed by atoms with Crippen molar-refractivity contribution in [1.82, 2.24) is 4.98 Å². The molecule has 0 saturated heterocycles. The lowest BCUT2D eigenvalue weighted by molar-refractivity contribution is 0.262. The molecule has 3 rings (SSSR count). The molecule has 0 aliphatic heterocycles. The van der Waals surface area contributed by atoms with Crippen molar-refractivity contribution in [2.24, 2.45) is 0 Å². The van der Waals surface area contributed by atoms with Crippen LogP contribution in [0.2, 0.25) is 0 Å². The van der Waals surface area contributed by atoms with Crippen LogP contribution in [0.15, 0.2) is 47.4 Å². The zero-order valence-electron chi connectivity index (χ0n) is 12.6. The number of thioether (sulfide) groups is 1. The van der Waals surface area contributed by atoms with E-state index in [9.17, 15) is 4.79 Å². The molecule has 5 nitrogen and oxygen atoms in total. The third kappa shape index (κ3) is 3.40. The number of ether oxygens (including phenoxy) is 1. The Kier molecular flexibility index (Phi) is 4.68. The molecule has 0 fully saturated rings. The van der Waals surface area contributed by atoms with E-state index in [0.29, 0.717) is 16.6 Å². The zero-order chi connectivity index (χ0) is 16.2. The normalized spacial score (nSPS) is 10.5. The largest absolute Gasteiger partial charge is 0.495 e. The summed E-state index contributed by atoms with van der Waals surface area (Å²) in [4.78, 5) is 17.8. The van der Waals surface area contributed by atoms with Crippen LogP contribution in [0.3, 0.4) is 0 Å². The van der Waals surface area contributed by atoms with Crippen LogP contribution in [0.1, 0.15) is 0 Å². The van der Waals surface area contributed by atoms with Gasteiger partial charge in [0.15, 0.2) is 5.13 Å². The predicted octanol–water partition coefficient (Wildman–Crippen LogP) is 4.67. The maximum atomic E-state index is 12.2. The summed E-state index contributed by atoms with van der Waals surface area (Å²) in [6.45, 7) is 0. The van der Waals surface area contributed by atoms with Crippen LogP contribution in [0.25, 0.3) is 10.2 Å². The molecule has 0 atom stereocenters. The Morgan fingerprint density at radius 3 is 2.78 bits per heavy atom. The lowest BCUT2D eigenvalue weighted by Gasteiger charge is -2.09. The molecule has 7 heteroatoms. The lowest BCUT2D eigenvalue weighted by atomic mass is 10.3. The van der Waals surface area contributed by atoms with E-state index in [4.69, 9.17) is 4.74 Å². The number of rotatable bonds is 4. The number of amides is 2. The van der Waals surface area contributed by atoms with Crippen LogP contribution in [-0.4, -0.2) is 24.4 Å². The second-order valence-electron chi connectivity index (χ2n) is 4.61. The van der Waals surface area contributed by atoms with Gasteiger partial charge in [0.2, 0.25) is 0 Å². The van der Waals surface area contributed by atoms with Gasteiger partial charge in [-0.25, -0.2) is 9.78 Å². The Balaban J connectivity index is 1.78. The van der Waals surface area contributed by atoms with Gasteiger partial charge in [-0.05, 0) is 30.5 Å². The minimum atomic E-state index is -0.348. The van der Waals surface area contributed by atoms with Gasteiger partial charge >= 0.3 is 6.03 Å². The smallest absolute Gasteiger partial charge is 0.325 e. The van der Waals surface area contributed by atoms with Crippen LogP contribution in [-0.2, 0) is 0 Å². The van der Waals surface area contributed by atoms with E-state index in [2.05, 4.69) is 15.6 Å². The molecule has 0 unspecified atom stereocenters. The molecule has 118 valence electrons. The molecule has 2 N–H and O–H groups in total. The minimum Gasteiger partial charge on any atom is -0.495 e. The number of nitrogens with one attached hydrogen (secondary N) is 2. The number of para-hydroxylation sites is 3. The molecule has 2 amide bonds. The average Bonchev–Trinajstić information content (AvgIpc) is 2.97. The maximum absolute atomic E-state index is 12.2. The molecule has 0 aliphatic carbocycles. The number of hydrogen-bond donors (Lipinski definition) is 2. The molecule has 0 radical (unpaired) electrons. The highest BCUT2D eigenvalue weighted by Crippen LogP contribution is 2.32. The molecule has 2 aromatic carbocycles. The Hall–Kier alpha value is -2.25. The van der Waals surface area contributed by atoms with E-state index >= 15 is 0 Å². The summed E-state index contributed by atoms with van der Waals surface area (Å²) in [5, 5.41) is 6.11. The molecule has 0 saturated carbocycles. The molecule has 23 heavy (non-hydrogen) atoms. The lowest BCUT2D eigenvalue weighted by Crippen LogP contribution is -2.19. The molecule has 0 bridgehead atoms. The molecular weight excluding hydrogens is 330 g/mol. The molecule has 1 heterocycles. The monoisotopic (exact) mass is 345 g/mol. The van der Waals surface area contributed by atoms with Gasteiger partial charge in [-0.1, -0.05) is 29.5 Å². The summed E-state index contributed by atoms with van der Waals surface area (Å²) < 4.78 is 6.26. The number of hydrogen-bond acceptors (Lipinski definition) is 5. The van der Waals surface area contributed by atoms with Crippen LogP contribution in [0.4, 0.5) is 15.6 Å². The SMILES string of the molecule is COc1ccccc1NC(=O)Nc1nc2c(SC)cccc2s1. The van der Waals surface area contributed by atoms with Crippen molar-refractivity contribution in [3.05, 3.63) is 42.5 Å². The quantitative estimate of drug-likeness (QED) is 0.675. The topological polar surface area (TPSA) is 63.2 Å². The van der Waals surface area contributed by atoms with E-state index in [1.54, 1.807) is 31.0 Å². The number of carbonyl (C=O) groups excluding carboxylic acids is 1. The van der Waals surface area contributed by atoms with Crippen molar-refractivity contribution >= 4 is 50.2 Å². The van der Waals surface area contributed by atoms with Gasteiger partial charge in [-0.15, -0.1) is 11.8 Å². The van der Waals surface area contributed by atoms with Gasteiger partial charge in [-0.2, -0.15) is 0 Å². The number of benzene rings is 2. The van der Waals surface area contributed by atoms with Crippen molar-refractivity contribution in [3.63, 3.8) is 0 Å². The molecule has 1 aromatic heterocycles. The number of anilines is 2. The number of methoxy groups -OCH3 is 1. The zero-order valence-corrected chi connectivity index (χ0v) is 14.3. The highest BCUT2D eigenvalue weighted by atomic mass is 32.2. The number of fused-ring (bicyclic) bond motifs is 1. The summed E-state index contributed by atoms with van der Waals surface area (Å²) in [5.41, 5.74) is 1.52. The van der Waals surface area contributed by atoms with Gasteiger partial charge < -0.3 is 10.1 Å². The van der Waals surface area contributed by atoms with Gasteiger partial charge in [0.1, 0.15) is 5.75 Å². The standard InChI is InChI=1S/C16H15N3O2S2/c1-21-11-7-4-3-6-10(11)17-15(20)19-16-18-14-12(22-2)8-5-9-13(14)23-16/h3-9H,1-2H3,(H2,17,18,19,20). The van der Waals surface area contributed by atoms with Crippen molar-refractivity contribution in [2.75, 3.05) is 24.0 Å². The highest BCUT2D eigenvalue weighted by molar-refractivity contribution is 7.98. The Labute approximate surface area is 142 Å². The number of carbonyl (C=O) groups is 1. The van der Waals surface area contributed by atoms with Crippen molar-refractivity contribution in [1.29, 1.82) is 0 Å². The number of thiazole rings is 1. The number of urea groups is 1. The molecule has 3 aromatic rings. The van der Waals surface area contributed by atoms with Crippen molar-refractivity contribution < 1.29 is 9.53 Å². The van der Waals surface area contributed by atoms with Crippen molar-refractivity contribution in [3.8, 4) is 5.75 Å². The first kappa shape index (κ1) is 15.6. The summed E-state index contributed by atoms with van der Waals surface area (Å²) in [6, 6.07) is 12.9. The van der Waals surface area contributed by atoms with Crippen LogP contribution in [0, 0.1) is 0 Å². The first-order chi connectivity index (χ1) is 11.2. The van der Waals surface area contributed by atoms with E-state index in [-0.39, 0.29) is 6.03 Å². The van der Waals surface area contributed by atoms with Gasteiger partial charge in [0.05, 0.1) is 23.0 Å².